The third kappa shape index (κ3) is 4.29. The first-order chi connectivity index (χ1) is 15.2. The number of fused-ring (bicyclic) bond motifs is 3. The van der Waals surface area contributed by atoms with Crippen molar-refractivity contribution in [1.29, 1.82) is 0 Å². The number of amides is 1. The molecule has 2 aromatic heterocycles. The van der Waals surface area contributed by atoms with Crippen molar-refractivity contribution in [3.05, 3.63) is 65.3 Å². The SMILES string of the molecule is CCn1c2ccccc2c2cc(NC(=O)C(C)Sc3ncc(C(F)(F)F)cc3Cl)ccc21. The van der Waals surface area contributed by atoms with E-state index in [1.807, 2.05) is 36.4 Å². The van der Waals surface area contributed by atoms with E-state index >= 15 is 0 Å². The van der Waals surface area contributed by atoms with E-state index in [1.54, 1.807) is 6.92 Å². The molecule has 166 valence electrons. The molecule has 4 aromatic rings. The van der Waals surface area contributed by atoms with E-state index in [4.69, 9.17) is 11.6 Å². The summed E-state index contributed by atoms with van der Waals surface area (Å²) in [6.07, 6.45) is -3.81. The van der Waals surface area contributed by atoms with Gasteiger partial charge in [0.15, 0.2) is 0 Å². The number of nitrogens with zero attached hydrogens (tertiary/aromatic N) is 2. The third-order valence-electron chi connectivity index (χ3n) is 5.15. The minimum absolute atomic E-state index is 0.140. The normalized spacial score (nSPS) is 12.9. The van der Waals surface area contributed by atoms with Crippen molar-refractivity contribution in [2.45, 2.75) is 36.8 Å². The van der Waals surface area contributed by atoms with Crippen LogP contribution in [0.25, 0.3) is 21.8 Å². The number of para-hydroxylation sites is 1. The lowest BCUT2D eigenvalue weighted by Crippen LogP contribution is -2.22. The fourth-order valence-electron chi connectivity index (χ4n) is 3.60. The number of hydrogen-bond donors (Lipinski definition) is 1. The van der Waals surface area contributed by atoms with E-state index < -0.39 is 17.0 Å². The minimum atomic E-state index is -4.53. The van der Waals surface area contributed by atoms with Crippen molar-refractivity contribution < 1.29 is 18.0 Å². The van der Waals surface area contributed by atoms with Gasteiger partial charge in [-0.2, -0.15) is 13.2 Å². The minimum Gasteiger partial charge on any atom is -0.341 e. The molecule has 1 amide bonds. The molecule has 32 heavy (non-hydrogen) atoms. The molecule has 0 saturated heterocycles. The van der Waals surface area contributed by atoms with Crippen LogP contribution in [-0.2, 0) is 17.5 Å². The summed E-state index contributed by atoms with van der Waals surface area (Å²) in [6, 6.07) is 14.7. The molecule has 1 N–H and O–H groups in total. The predicted molar refractivity (Wildman–Crippen MR) is 123 cm³/mol. The highest BCUT2D eigenvalue weighted by Gasteiger charge is 2.32. The summed E-state index contributed by atoms with van der Waals surface area (Å²) in [5, 5.41) is 4.43. The summed E-state index contributed by atoms with van der Waals surface area (Å²) < 4.78 is 40.6. The van der Waals surface area contributed by atoms with Gasteiger partial charge in [0, 0.05) is 40.2 Å². The number of alkyl halides is 3. The highest BCUT2D eigenvalue weighted by atomic mass is 35.5. The van der Waals surface area contributed by atoms with Crippen LogP contribution in [0.3, 0.4) is 0 Å². The average Bonchev–Trinajstić information content (AvgIpc) is 3.07. The van der Waals surface area contributed by atoms with Crippen molar-refractivity contribution in [2.24, 2.45) is 0 Å². The largest absolute Gasteiger partial charge is 0.417 e. The molecule has 1 atom stereocenters. The van der Waals surface area contributed by atoms with E-state index in [0.29, 0.717) is 5.69 Å². The number of aryl methyl sites for hydroxylation is 1. The van der Waals surface area contributed by atoms with Gasteiger partial charge >= 0.3 is 6.18 Å². The van der Waals surface area contributed by atoms with E-state index in [9.17, 15) is 18.0 Å². The van der Waals surface area contributed by atoms with Crippen LogP contribution < -0.4 is 5.32 Å². The van der Waals surface area contributed by atoms with Crippen LogP contribution >= 0.6 is 23.4 Å². The quantitative estimate of drug-likeness (QED) is 0.315. The van der Waals surface area contributed by atoms with Gasteiger partial charge in [0.1, 0.15) is 5.03 Å². The summed E-state index contributed by atoms with van der Waals surface area (Å²) in [6.45, 7) is 4.56. The second kappa shape index (κ2) is 8.67. The monoisotopic (exact) mass is 477 g/mol. The van der Waals surface area contributed by atoms with Crippen LogP contribution in [0.5, 0.6) is 0 Å². The van der Waals surface area contributed by atoms with E-state index in [1.165, 1.54) is 0 Å². The summed E-state index contributed by atoms with van der Waals surface area (Å²) in [4.78, 5) is 16.5. The zero-order valence-corrected chi connectivity index (χ0v) is 18.8. The molecule has 0 bridgehead atoms. The molecule has 0 spiro atoms. The molecular weight excluding hydrogens is 459 g/mol. The van der Waals surface area contributed by atoms with Gasteiger partial charge in [-0.15, -0.1) is 0 Å². The van der Waals surface area contributed by atoms with Crippen LogP contribution in [0.2, 0.25) is 5.02 Å². The lowest BCUT2D eigenvalue weighted by atomic mass is 10.1. The number of aromatic nitrogens is 2. The maximum absolute atomic E-state index is 12.8. The van der Waals surface area contributed by atoms with E-state index in [2.05, 4.69) is 27.9 Å². The Kier molecular flexibility index (Phi) is 6.09. The van der Waals surface area contributed by atoms with Gasteiger partial charge in [0.05, 0.1) is 15.8 Å². The Balaban J connectivity index is 1.54. The molecule has 0 aliphatic rings. The molecule has 4 nitrogen and oxygen atoms in total. The van der Waals surface area contributed by atoms with Crippen LogP contribution in [0.15, 0.2) is 59.8 Å². The molecule has 0 fully saturated rings. The van der Waals surface area contributed by atoms with Crippen LogP contribution in [0.1, 0.15) is 19.4 Å². The fraction of sp³-hybridized carbons (Fsp3) is 0.217. The van der Waals surface area contributed by atoms with Crippen molar-refractivity contribution in [1.82, 2.24) is 9.55 Å². The molecule has 9 heteroatoms. The number of anilines is 1. The maximum Gasteiger partial charge on any atom is 0.417 e. The molecular formula is C23H19ClF3N3OS. The Morgan fingerprint density at radius 2 is 1.88 bits per heavy atom. The summed E-state index contributed by atoms with van der Waals surface area (Å²) in [5.74, 6) is -0.300. The molecule has 2 aromatic carbocycles. The summed E-state index contributed by atoms with van der Waals surface area (Å²) in [5.41, 5.74) is 1.92. The fourth-order valence-corrected chi connectivity index (χ4v) is 4.69. The van der Waals surface area contributed by atoms with Gasteiger partial charge in [0.25, 0.3) is 0 Å². The van der Waals surface area contributed by atoms with Crippen LogP contribution in [-0.4, -0.2) is 20.7 Å². The number of rotatable bonds is 5. The smallest absolute Gasteiger partial charge is 0.341 e. The molecule has 2 heterocycles. The van der Waals surface area contributed by atoms with E-state index in [0.717, 1.165) is 52.4 Å². The number of carbonyl (C=O) groups is 1. The Labute approximate surface area is 191 Å². The highest BCUT2D eigenvalue weighted by Crippen LogP contribution is 2.35. The van der Waals surface area contributed by atoms with Gasteiger partial charge in [-0.25, -0.2) is 4.98 Å². The van der Waals surface area contributed by atoms with Gasteiger partial charge < -0.3 is 9.88 Å². The Morgan fingerprint density at radius 1 is 1.16 bits per heavy atom. The molecule has 4 rings (SSSR count). The number of pyridine rings is 1. The van der Waals surface area contributed by atoms with Crippen LogP contribution in [0, 0.1) is 0 Å². The lowest BCUT2D eigenvalue weighted by molar-refractivity contribution is -0.137. The number of carbonyl (C=O) groups excluding carboxylic acids is 1. The molecule has 0 aliphatic heterocycles. The lowest BCUT2D eigenvalue weighted by Gasteiger charge is -2.14. The zero-order chi connectivity index (χ0) is 23.0. The Morgan fingerprint density at radius 3 is 2.56 bits per heavy atom. The molecule has 1 unspecified atom stereocenters. The standard InChI is InChI=1S/C23H19ClF3N3OS/c1-3-30-19-7-5-4-6-16(19)17-11-15(8-9-20(17)30)29-21(31)13(2)32-22-18(24)10-14(12-28-22)23(25,26)27/h4-13H,3H2,1-2H3,(H,29,31). The van der Waals surface area contributed by atoms with Gasteiger partial charge in [-0.3, -0.25) is 4.79 Å². The highest BCUT2D eigenvalue weighted by molar-refractivity contribution is 8.00. The summed E-state index contributed by atoms with van der Waals surface area (Å²) in [7, 11) is 0. The topological polar surface area (TPSA) is 46.9 Å². The van der Waals surface area contributed by atoms with E-state index in [-0.39, 0.29) is 16.0 Å². The predicted octanol–water partition coefficient (Wildman–Crippen LogP) is 7.00. The first kappa shape index (κ1) is 22.5. The van der Waals surface area contributed by atoms with Crippen molar-refractivity contribution >= 4 is 56.8 Å². The molecule has 0 saturated carbocycles. The van der Waals surface area contributed by atoms with Gasteiger partial charge in [-0.05, 0) is 44.2 Å². The number of hydrogen-bond acceptors (Lipinski definition) is 3. The molecule has 0 radical (unpaired) electrons. The Hall–Kier alpha value is -2.71. The number of benzene rings is 2. The van der Waals surface area contributed by atoms with Gasteiger partial charge in [0.2, 0.25) is 5.91 Å². The van der Waals surface area contributed by atoms with Crippen molar-refractivity contribution in [3.63, 3.8) is 0 Å². The third-order valence-corrected chi connectivity index (χ3v) is 6.66. The zero-order valence-electron chi connectivity index (χ0n) is 17.2. The summed E-state index contributed by atoms with van der Waals surface area (Å²) >= 11 is 6.97. The van der Waals surface area contributed by atoms with Gasteiger partial charge in [-0.1, -0.05) is 41.6 Å². The average molecular weight is 478 g/mol. The van der Waals surface area contributed by atoms with Crippen LogP contribution in [0.4, 0.5) is 18.9 Å². The molecule has 0 aliphatic carbocycles. The first-order valence-electron chi connectivity index (χ1n) is 9.90. The number of thioether (sulfide) groups is 1. The number of halogens is 4. The second-order valence-corrected chi connectivity index (χ2v) is 8.99. The maximum atomic E-state index is 12.8. The second-order valence-electron chi connectivity index (χ2n) is 7.25. The van der Waals surface area contributed by atoms with Crippen molar-refractivity contribution in [3.8, 4) is 0 Å². The van der Waals surface area contributed by atoms with Crippen molar-refractivity contribution in [2.75, 3.05) is 5.32 Å². The number of nitrogens with one attached hydrogen (secondary N) is 1. The Bertz CT molecular complexity index is 1320. The first-order valence-corrected chi connectivity index (χ1v) is 11.2.